The van der Waals surface area contributed by atoms with E-state index in [-0.39, 0.29) is 18.8 Å². The highest BCUT2D eigenvalue weighted by Gasteiger charge is 2.18. The van der Waals surface area contributed by atoms with Gasteiger partial charge in [0.15, 0.2) is 0 Å². The summed E-state index contributed by atoms with van der Waals surface area (Å²) in [5.74, 6) is -1.07. The Morgan fingerprint density at radius 1 is 1.26 bits per heavy atom. The summed E-state index contributed by atoms with van der Waals surface area (Å²) in [7, 11) is 1.39. The molecule has 3 rings (SSSR count). The van der Waals surface area contributed by atoms with Crippen LogP contribution in [-0.2, 0) is 33.8 Å². The molecule has 2 heterocycles. The lowest BCUT2D eigenvalue weighted by molar-refractivity contribution is -0.141. The monoisotopic (exact) mass is 369 g/mol. The number of carboxylic acid groups (broad SMARTS) is 1. The highest BCUT2D eigenvalue weighted by molar-refractivity contribution is 5.89. The fourth-order valence-corrected chi connectivity index (χ4v) is 3.48. The van der Waals surface area contributed by atoms with Gasteiger partial charge in [-0.3, -0.25) is 9.59 Å². The molecule has 0 aliphatic carbocycles. The third-order valence-electron chi connectivity index (χ3n) is 4.84. The maximum Gasteiger partial charge on any atom is 0.307 e. The summed E-state index contributed by atoms with van der Waals surface area (Å²) < 4.78 is 8.88. The molecule has 0 atom stereocenters. The predicted molar refractivity (Wildman–Crippen MR) is 101 cm³/mol. The Labute approximate surface area is 157 Å². The van der Waals surface area contributed by atoms with E-state index < -0.39 is 5.97 Å². The summed E-state index contributed by atoms with van der Waals surface area (Å²) in [5, 5.41) is 10.2. The Kier molecular flexibility index (Phi) is 5.59. The minimum atomic E-state index is -0.815. The first kappa shape index (κ1) is 18.7. The van der Waals surface area contributed by atoms with E-state index >= 15 is 0 Å². The average molecular weight is 369 g/mol. The van der Waals surface area contributed by atoms with Crippen LogP contribution in [0.15, 0.2) is 36.9 Å². The van der Waals surface area contributed by atoms with Gasteiger partial charge in [0.05, 0.1) is 26.4 Å². The second kappa shape index (κ2) is 8.07. The van der Waals surface area contributed by atoms with Gasteiger partial charge >= 0.3 is 11.9 Å². The highest BCUT2D eigenvalue weighted by Crippen LogP contribution is 2.31. The number of fused-ring (bicyclic) bond motifs is 1. The minimum Gasteiger partial charge on any atom is -0.481 e. The Morgan fingerprint density at radius 3 is 2.74 bits per heavy atom. The van der Waals surface area contributed by atoms with Crippen LogP contribution in [0.25, 0.3) is 10.9 Å². The van der Waals surface area contributed by atoms with Gasteiger partial charge in [-0.1, -0.05) is 12.1 Å². The average Bonchev–Trinajstić information content (AvgIpc) is 3.26. The number of aromatic nitrogens is 3. The van der Waals surface area contributed by atoms with Gasteiger partial charge < -0.3 is 19.0 Å². The molecule has 1 aromatic carbocycles. The van der Waals surface area contributed by atoms with E-state index in [1.807, 2.05) is 35.9 Å². The van der Waals surface area contributed by atoms with Crippen LogP contribution in [0.1, 0.15) is 29.7 Å². The number of imidazole rings is 1. The molecule has 142 valence electrons. The third-order valence-corrected chi connectivity index (χ3v) is 4.84. The lowest BCUT2D eigenvalue weighted by atomic mass is 10.0. The minimum absolute atomic E-state index is 0.0794. The van der Waals surface area contributed by atoms with Crippen molar-refractivity contribution in [3.63, 3.8) is 0 Å². The van der Waals surface area contributed by atoms with E-state index in [1.54, 1.807) is 12.5 Å². The lowest BCUT2D eigenvalue weighted by Gasteiger charge is -2.08. The molecule has 3 aromatic rings. The molecule has 0 saturated carbocycles. The number of carbonyl (C=O) groups is 2. The molecule has 0 aliphatic heterocycles. The summed E-state index contributed by atoms with van der Waals surface area (Å²) in [4.78, 5) is 26.8. The van der Waals surface area contributed by atoms with Crippen molar-refractivity contribution < 1.29 is 19.4 Å². The van der Waals surface area contributed by atoms with Gasteiger partial charge in [-0.25, -0.2) is 4.98 Å². The van der Waals surface area contributed by atoms with Gasteiger partial charge in [0.1, 0.15) is 0 Å². The molecule has 0 bridgehead atoms. The number of aryl methyl sites for hydroxylation is 2. The zero-order valence-electron chi connectivity index (χ0n) is 15.5. The van der Waals surface area contributed by atoms with Crippen LogP contribution in [0.2, 0.25) is 0 Å². The molecule has 0 fully saturated rings. The zero-order valence-corrected chi connectivity index (χ0v) is 15.5. The third kappa shape index (κ3) is 4.02. The van der Waals surface area contributed by atoms with Gasteiger partial charge in [0.25, 0.3) is 0 Å². The number of carboxylic acids is 1. The van der Waals surface area contributed by atoms with Crippen LogP contribution >= 0.6 is 0 Å². The largest absolute Gasteiger partial charge is 0.481 e. The molecule has 7 nitrogen and oxygen atoms in total. The number of rotatable bonds is 8. The second-order valence-corrected chi connectivity index (χ2v) is 6.48. The smallest absolute Gasteiger partial charge is 0.307 e. The van der Waals surface area contributed by atoms with Crippen LogP contribution in [0.5, 0.6) is 0 Å². The van der Waals surface area contributed by atoms with Crippen LogP contribution in [-0.4, -0.2) is 38.3 Å². The molecule has 0 aliphatic rings. The molecular weight excluding hydrogens is 346 g/mol. The molecule has 0 spiro atoms. The summed E-state index contributed by atoms with van der Waals surface area (Å²) in [6.07, 6.45) is 6.22. The number of nitrogens with zero attached hydrogens (tertiary/aromatic N) is 3. The number of aliphatic carboxylic acids is 1. The molecule has 0 unspecified atom stereocenters. The van der Waals surface area contributed by atoms with Crippen LogP contribution in [0, 0.1) is 6.92 Å². The number of carbonyl (C=O) groups excluding carboxylic acids is 1. The Balaban J connectivity index is 2.09. The number of esters is 1. The van der Waals surface area contributed by atoms with Crippen molar-refractivity contribution in [1.29, 1.82) is 0 Å². The van der Waals surface area contributed by atoms with Gasteiger partial charge in [-0.2, -0.15) is 0 Å². The summed E-state index contributed by atoms with van der Waals surface area (Å²) in [6, 6.07) is 5.93. The van der Waals surface area contributed by atoms with Crippen molar-refractivity contribution >= 4 is 22.8 Å². The quantitative estimate of drug-likeness (QED) is 0.617. The van der Waals surface area contributed by atoms with Crippen molar-refractivity contribution in [2.45, 2.75) is 39.3 Å². The first-order chi connectivity index (χ1) is 13.0. The van der Waals surface area contributed by atoms with Gasteiger partial charge in [0.2, 0.25) is 0 Å². The van der Waals surface area contributed by atoms with Crippen molar-refractivity contribution in [3.05, 3.63) is 53.7 Å². The molecule has 1 N–H and O–H groups in total. The summed E-state index contributed by atoms with van der Waals surface area (Å²) in [5.41, 5.74) is 4.19. The van der Waals surface area contributed by atoms with Gasteiger partial charge in [0, 0.05) is 47.5 Å². The molecule has 0 amide bonds. The molecule has 0 saturated heterocycles. The molecule has 2 aromatic heterocycles. The molecular formula is C20H23N3O4. The summed E-state index contributed by atoms with van der Waals surface area (Å²) >= 11 is 0. The van der Waals surface area contributed by atoms with Gasteiger partial charge in [-0.05, 0) is 25.0 Å². The summed E-state index contributed by atoms with van der Waals surface area (Å²) in [6.45, 7) is 3.18. The fraction of sp³-hybridized carbons (Fsp3) is 0.350. The Morgan fingerprint density at radius 2 is 2.07 bits per heavy atom. The van der Waals surface area contributed by atoms with Crippen molar-refractivity contribution in [1.82, 2.24) is 14.1 Å². The number of ether oxygens (including phenoxy) is 1. The second-order valence-electron chi connectivity index (χ2n) is 6.48. The SMILES string of the molecule is COC(=O)CCn1c(C)c(Cn2ccnc2)c2c(CCC(=O)O)cccc21. The van der Waals surface area contributed by atoms with E-state index in [0.717, 1.165) is 27.7 Å². The van der Waals surface area contributed by atoms with E-state index in [9.17, 15) is 9.59 Å². The maximum absolute atomic E-state index is 11.6. The van der Waals surface area contributed by atoms with Crippen molar-refractivity contribution in [3.8, 4) is 0 Å². The van der Waals surface area contributed by atoms with E-state index in [4.69, 9.17) is 9.84 Å². The van der Waals surface area contributed by atoms with E-state index in [1.165, 1.54) is 7.11 Å². The van der Waals surface area contributed by atoms with Crippen LogP contribution < -0.4 is 0 Å². The maximum atomic E-state index is 11.6. The van der Waals surface area contributed by atoms with E-state index in [2.05, 4.69) is 9.55 Å². The molecule has 27 heavy (non-hydrogen) atoms. The van der Waals surface area contributed by atoms with Crippen molar-refractivity contribution in [2.24, 2.45) is 0 Å². The first-order valence-corrected chi connectivity index (χ1v) is 8.85. The molecule has 7 heteroatoms. The number of methoxy groups -OCH3 is 1. The fourth-order valence-electron chi connectivity index (χ4n) is 3.48. The van der Waals surface area contributed by atoms with Crippen LogP contribution in [0.3, 0.4) is 0 Å². The predicted octanol–water partition coefficient (Wildman–Crippen LogP) is 2.77. The van der Waals surface area contributed by atoms with Crippen molar-refractivity contribution in [2.75, 3.05) is 7.11 Å². The number of hydrogen-bond donors (Lipinski definition) is 1. The molecule has 0 radical (unpaired) electrons. The standard InChI is InChI=1S/C20H23N3O4/c1-14-16(12-22-11-9-21-13-22)20-15(6-7-18(24)25)4-3-5-17(20)23(14)10-8-19(26)27-2/h3-5,9,11,13H,6-8,10,12H2,1-2H3,(H,24,25). The lowest BCUT2D eigenvalue weighted by Crippen LogP contribution is -2.08. The Bertz CT molecular complexity index is 957. The van der Waals surface area contributed by atoms with E-state index in [0.29, 0.717) is 19.5 Å². The zero-order chi connectivity index (χ0) is 19.4. The van der Waals surface area contributed by atoms with Gasteiger partial charge in [-0.15, -0.1) is 0 Å². The normalized spacial score (nSPS) is 11.0. The topological polar surface area (TPSA) is 86.4 Å². The number of benzene rings is 1. The first-order valence-electron chi connectivity index (χ1n) is 8.85. The number of hydrogen-bond acceptors (Lipinski definition) is 4. The van der Waals surface area contributed by atoms with Crippen LogP contribution in [0.4, 0.5) is 0 Å². The Hall–Kier alpha value is -3.09. The highest BCUT2D eigenvalue weighted by atomic mass is 16.5.